The lowest BCUT2D eigenvalue weighted by molar-refractivity contribution is -0.116. The Morgan fingerprint density at radius 2 is 1.96 bits per heavy atom. The number of sulfonamides is 1. The van der Waals surface area contributed by atoms with Crippen LogP contribution in [0.15, 0.2) is 40.6 Å². The highest BCUT2D eigenvalue weighted by Gasteiger charge is 2.31. The number of fused-ring (bicyclic) bond motifs is 1. The third kappa shape index (κ3) is 3.82. The zero-order chi connectivity index (χ0) is 19.7. The molecule has 0 spiro atoms. The summed E-state index contributed by atoms with van der Waals surface area (Å²) in [6, 6.07) is 8.45. The minimum absolute atomic E-state index is 0.0280. The van der Waals surface area contributed by atoms with Gasteiger partial charge in [-0.1, -0.05) is 6.07 Å². The van der Waals surface area contributed by atoms with Crippen molar-refractivity contribution < 1.29 is 18.0 Å². The average Bonchev–Trinajstić information content (AvgIpc) is 3.23. The zero-order valence-corrected chi connectivity index (χ0v) is 16.8. The fraction of sp³-hybridized carbons (Fsp3) is 0.368. The molecule has 148 valence electrons. The molecule has 4 rings (SSSR count). The Morgan fingerprint density at radius 1 is 1.18 bits per heavy atom. The fourth-order valence-corrected chi connectivity index (χ4v) is 5.72. The molecule has 0 bridgehead atoms. The Labute approximate surface area is 167 Å². The SMILES string of the molecule is O=C1CCc2cc(S(=O)(=O)N3CCC(NC(=O)c4cccs4)CC3)ccc2N1. The zero-order valence-electron chi connectivity index (χ0n) is 15.2. The maximum absolute atomic E-state index is 13.0. The van der Waals surface area contributed by atoms with Crippen LogP contribution >= 0.6 is 11.3 Å². The van der Waals surface area contributed by atoms with Crippen molar-refractivity contribution in [1.29, 1.82) is 0 Å². The Hall–Kier alpha value is -2.23. The van der Waals surface area contributed by atoms with Gasteiger partial charge in [-0.2, -0.15) is 4.31 Å². The molecule has 0 saturated carbocycles. The molecule has 7 nitrogen and oxygen atoms in total. The van der Waals surface area contributed by atoms with Crippen LogP contribution in [0.25, 0.3) is 0 Å². The molecule has 28 heavy (non-hydrogen) atoms. The van der Waals surface area contributed by atoms with Crippen LogP contribution in [0.4, 0.5) is 5.69 Å². The third-order valence-electron chi connectivity index (χ3n) is 5.14. The number of aryl methyl sites for hydroxylation is 1. The lowest BCUT2D eigenvalue weighted by Gasteiger charge is -2.31. The van der Waals surface area contributed by atoms with E-state index in [0.717, 1.165) is 5.56 Å². The number of carbonyl (C=O) groups excluding carboxylic acids is 2. The van der Waals surface area contributed by atoms with Crippen LogP contribution < -0.4 is 10.6 Å². The predicted octanol–water partition coefficient (Wildman–Crippen LogP) is 2.22. The topological polar surface area (TPSA) is 95.6 Å². The molecular formula is C19H21N3O4S2. The second-order valence-corrected chi connectivity index (χ2v) is 9.88. The van der Waals surface area contributed by atoms with Gasteiger partial charge in [-0.3, -0.25) is 9.59 Å². The number of carbonyl (C=O) groups is 2. The van der Waals surface area contributed by atoms with E-state index in [0.29, 0.717) is 49.3 Å². The van der Waals surface area contributed by atoms with E-state index in [-0.39, 0.29) is 22.8 Å². The van der Waals surface area contributed by atoms with E-state index in [4.69, 9.17) is 0 Å². The molecule has 2 aromatic rings. The summed E-state index contributed by atoms with van der Waals surface area (Å²) in [5.74, 6) is -0.150. The van der Waals surface area contributed by atoms with Crippen molar-refractivity contribution in [2.24, 2.45) is 0 Å². The third-order valence-corrected chi connectivity index (χ3v) is 7.91. The highest BCUT2D eigenvalue weighted by molar-refractivity contribution is 7.89. The van der Waals surface area contributed by atoms with E-state index in [1.54, 1.807) is 24.3 Å². The summed E-state index contributed by atoms with van der Waals surface area (Å²) in [7, 11) is -3.59. The standard InChI is InChI=1S/C19H21N3O4S2/c23-18-6-3-13-12-15(4-5-16(13)21-18)28(25,26)22-9-7-14(8-10-22)20-19(24)17-2-1-11-27-17/h1-2,4-5,11-12,14H,3,6-10H2,(H,20,24)(H,21,23). The molecule has 2 amide bonds. The summed E-state index contributed by atoms with van der Waals surface area (Å²) < 4.78 is 27.5. The molecular weight excluding hydrogens is 398 g/mol. The lowest BCUT2D eigenvalue weighted by atomic mass is 10.0. The summed E-state index contributed by atoms with van der Waals surface area (Å²) in [5, 5.41) is 7.61. The lowest BCUT2D eigenvalue weighted by Crippen LogP contribution is -2.46. The molecule has 1 saturated heterocycles. The largest absolute Gasteiger partial charge is 0.349 e. The highest BCUT2D eigenvalue weighted by Crippen LogP contribution is 2.28. The minimum atomic E-state index is -3.59. The first-order chi connectivity index (χ1) is 13.4. The Morgan fingerprint density at radius 3 is 2.68 bits per heavy atom. The second-order valence-electron chi connectivity index (χ2n) is 7.00. The molecule has 2 N–H and O–H groups in total. The van der Waals surface area contributed by atoms with Crippen LogP contribution in [-0.4, -0.2) is 43.7 Å². The number of nitrogens with one attached hydrogen (secondary N) is 2. The van der Waals surface area contributed by atoms with E-state index in [1.165, 1.54) is 15.6 Å². The maximum Gasteiger partial charge on any atom is 0.261 e. The molecule has 0 unspecified atom stereocenters. The Balaban J connectivity index is 1.41. The Bertz CT molecular complexity index is 994. The first-order valence-corrected chi connectivity index (χ1v) is 11.5. The smallest absolute Gasteiger partial charge is 0.261 e. The van der Waals surface area contributed by atoms with Gasteiger partial charge in [-0.15, -0.1) is 11.3 Å². The van der Waals surface area contributed by atoms with E-state index in [2.05, 4.69) is 10.6 Å². The van der Waals surface area contributed by atoms with Crippen molar-refractivity contribution in [1.82, 2.24) is 9.62 Å². The fourth-order valence-electron chi connectivity index (χ4n) is 3.57. The number of hydrogen-bond acceptors (Lipinski definition) is 5. The van der Waals surface area contributed by atoms with Gasteiger partial charge in [0, 0.05) is 31.2 Å². The highest BCUT2D eigenvalue weighted by atomic mass is 32.2. The van der Waals surface area contributed by atoms with Gasteiger partial charge in [0.25, 0.3) is 5.91 Å². The second kappa shape index (κ2) is 7.65. The van der Waals surface area contributed by atoms with Gasteiger partial charge in [-0.05, 0) is 54.5 Å². The number of anilines is 1. The van der Waals surface area contributed by atoms with E-state index in [9.17, 15) is 18.0 Å². The first-order valence-electron chi connectivity index (χ1n) is 9.21. The molecule has 0 atom stereocenters. The molecule has 1 aromatic heterocycles. The van der Waals surface area contributed by atoms with Crippen molar-refractivity contribution in [3.63, 3.8) is 0 Å². The van der Waals surface area contributed by atoms with Gasteiger partial charge >= 0.3 is 0 Å². The number of piperidine rings is 1. The van der Waals surface area contributed by atoms with Gasteiger partial charge in [0.1, 0.15) is 0 Å². The van der Waals surface area contributed by atoms with Gasteiger partial charge < -0.3 is 10.6 Å². The maximum atomic E-state index is 13.0. The van der Waals surface area contributed by atoms with E-state index < -0.39 is 10.0 Å². The normalized spacial score (nSPS) is 18.4. The van der Waals surface area contributed by atoms with Crippen LogP contribution in [-0.2, 0) is 21.2 Å². The summed E-state index contributed by atoms with van der Waals surface area (Å²) in [5.41, 5.74) is 1.53. The van der Waals surface area contributed by atoms with Crippen molar-refractivity contribution in [3.05, 3.63) is 46.2 Å². The van der Waals surface area contributed by atoms with E-state index in [1.807, 2.05) is 11.4 Å². The summed E-state index contributed by atoms with van der Waals surface area (Å²) in [6.45, 7) is 0.733. The summed E-state index contributed by atoms with van der Waals surface area (Å²) in [4.78, 5) is 24.6. The number of benzene rings is 1. The summed E-state index contributed by atoms with van der Waals surface area (Å²) in [6.07, 6.45) is 2.07. The van der Waals surface area contributed by atoms with Crippen LogP contribution in [0.5, 0.6) is 0 Å². The quantitative estimate of drug-likeness (QED) is 0.794. The van der Waals surface area contributed by atoms with Crippen LogP contribution in [0.1, 0.15) is 34.5 Å². The molecule has 0 radical (unpaired) electrons. The number of amides is 2. The molecule has 1 fully saturated rings. The Kier molecular flexibility index (Phi) is 5.22. The summed E-state index contributed by atoms with van der Waals surface area (Å²) >= 11 is 1.39. The number of nitrogens with zero attached hydrogens (tertiary/aromatic N) is 1. The number of thiophene rings is 1. The van der Waals surface area contributed by atoms with Crippen molar-refractivity contribution >= 4 is 38.9 Å². The molecule has 2 aliphatic heterocycles. The number of rotatable bonds is 4. The van der Waals surface area contributed by atoms with Gasteiger partial charge in [0.15, 0.2) is 0 Å². The van der Waals surface area contributed by atoms with Gasteiger partial charge in [0.2, 0.25) is 15.9 Å². The van der Waals surface area contributed by atoms with Gasteiger partial charge in [-0.25, -0.2) is 8.42 Å². The van der Waals surface area contributed by atoms with Crippen LogP contribution in [0.3, 0.4) is 0 Å². The minimum Gasteiger partial charge on any atom is -0.349 e. The van der Waals surface area contributed by atoms with Crippen molar-refractivity contribution in [3.8, 4) is 0 Å². The van der Waals surface area contributed by atoms with Crippen molar-refractivity contribution in [2.75, 3.05) is 18.4 Å². The molecule has 3 heterocycles. The predicted molar refractivity (Wildman–Crippen MR) is 107 cm³/mol. The molecule has 0 aliphatic carbocycles. The van der Waals surface area contributed by atoms with Crippen LogP contribution in [0, 0.1) is 0 Å². The van der Waals surface area contributed by atoms with Crippen LogP contribution in [0.2, 0.25) is 0 Å². The van der Waals surface area contributed by atoms with Crippen molar-refractivity contribution in [2.45, 2.75) is 36.6 Å². The first kappa shape index (κ1) is 19.1. The average molecular weight is 420 g/mol. The molecule has 1 aromatic carbocycles. The molecule has 9 heteroatoms. The number of hydrogen-bond donors (Lipinski definition) is 2. The molecule has 2 aliphatic rings. The van der Waals surface area contributed by atoms with E-state index >= 15 is 0 Å². The van der Waals surface area contributed by atoms with Gasteiger partial charge in [0.05, 0.1) is 9.77 Å². The monoisotopic (exact) mass is 419 g/mol.